The van der Waals surface area contributed by atoms with Crippen molar-refractivity contribution in [2.75, 3.05) is 6.54 Å². The number of phenolic OH excluding ortho intramolecular Hbond substituents is 1. The Kier molecular flexibility index (Phi) is 3.58. The predicted octanol–water partition coefficient (Wildman–Crippen LogP) is 3.11. The Bertz CT molecular complexity index is 475. The number of aliphatic hydroxyl groups is 1. The molecule has 104 valence electrons. The third-order valence-electron chi connectivity index (χ3n) is 4.71. The van der Waals surface area contributed by atoms with Gasteiger partial charge in [0.25, 0.3) is 0 Å². The van der Waals surface area contributed by atoms with Gasteiger partial charge in [-0.3, -0.25) is 0 Å². The fourth-order valence-electron chi connectivity index (χ4n) is 3.72. The van der Waals surface area contributed by atoms with Gasteiger partial charge in [-0.1, -0.05) is 28.8 Å². The summed E-state index contributed by atoms with van der Waals surface area (Å²) in [6.07, 6.45) is 5.03. The summed E-state index contributed by atoms with van der Waals surface area (Å²) in [4.78, 5) is 0. The molecule has 1 heterocycles. The summed E-state index contributed by atoms with van der Waals surface area (Å²) in [5, 5.41) is 24.5. The van der Waals surface area contributed by atoms with Crippen molar-refractivity contribution < 1.29 is 10.2 Å². The molecule has 0 unspecified atom stereocenters. The maximum absolute atomic E-state index is 10.8. The molecule has 0 spiro atoms. The predicted molar refractivity (Wildman–Crippen MR) is 78.1 cm³/mol. The van der Waals surface area contributed by atoms with E-state index < -0.39 is 5.60 Å². The number of rotatable bonds is 1. The van der Waals surface area contributed by atoms with Gasteiger partial charge in [0.15, 0.2) is 0 Å². The minimum Gasteiger partial charge on any atom is -0.508 e. The van der Waals surface area contributed by atoms with E-state index >= 15 is 0 Å². The summed E-state index contributed by atoms with van der Waals surface area (Å²) in [6.45, 7) is 0.809. The monoisotopic (exact) mass is 325 g/mol. The molecule has 0 amide bonds. The average molecular weight is 326 g/mol. The highest BCUT2D eigenvalue weighted by atomic mass is 79.9. The number of benzene rings is 1. The zero-order chi connectivity index (χ0) is 13.5. The Hall–Kier alpha value is -0.580. The van der Waals surface area contributed by atoms with Crippen molar-refractivity contribution in [2.24, 2.45) is 5.92 Å². The molecule has 3 rings (SSSR count). The van der Waals surface area contributed by atoms with E-state index in [1.54, 1.807) is 6.07 Å². The molecule has 1 aliphatic carbocycles. The van der Waals surface area contributed by atoms with Gasteiger partial charge in [-0.25, -0.2) is 0 Å². The van der Waals surface area contributed by atoms with Gasteiger partial charge < -0.3 is 15.5 Å². The zero-order valence-electron chi connectivity index (χ0n) is 10.9. The molecule has 4 heteroatoms. The number of nitrogens with one attached hydrogen (secondary N) is 1. The SMILES string of the molecule is Oc1ccc(Br)cc1[C@@H]1NCC[C@]2(O)CCCC[C@H]12. The summed E-state index contributed by atoms with van der Waals surface area (Å²) in [6, 6.07) is 5.58. The van der Waals surface area contributed by atoms with Crippen LogP contribution >= 0.6 is 15.9 Å². The van der Waals surface area contributed by atoms with Gasteiger partial charge in [0.1, 0.15) is 5.75 Å². The average Bonchev–Trinajstić information content (AvgIpc) is 2.40. The van der Waals surface area contributed by atoms with Crippen molar-refractivity contribution in [3.63, 3.8) is 0 Å². The first-order chi connectivity index (χ1) is 9.10. The highest BCUT2D eigenvalue weighted by Gasteiger charge is 2.46. The third-order valence-corrected chi connectivity index (χ3v) is 5.21. The summed E-state index contributed by atoms with van der Waals surface area (Å²) in [5.74, 6) is 0.519. The molecule has 1 aliphatic heterocycles. The van der Waals surface area contributed by atoms with Crippen LogP contribution in [0.1, 0.15) is 43.7 Å². The van der Waals surface area contributed by atoms with Crippen LogP contribution in [0.5, 0.6) is 5.75 Å². The molecule has 3 nitrogen and oxygen atoms in total. The van der Waals surface area contributed by atoms with Gasteiger partial charge in [-0.05, 0) is 44.0 Å². The first-order valence-corrected chi connectivity index (χ1v) is 7.84. The Labute approximate surface area is 122 Å². The van der Waals surface area contributed by atoms with E-state index in [0.717, 1.165) is 42.3 Å². The summed E-state index contributed by atoms with van der Waals surface area (Å²) in [5.41, 5.74) is 0.350. The molecule has 2 fully saturated rings. The molecule has 19 heavy (non-hydrogen) atoms. The molecule has 2 aliphatic rings. The lowest BCUT2D eigenvalue weighted by Gasteiger charge is -2.48. The largest absolute Gasteiger partial charge is 0.508 e. The van der Waals surface area contributed by atoms with Crippen LogP contribution in [0.15, 0.2) is 22.7 Å². The smallest absolute Gasteiger partial charge is 0.120 e. The second-order valence-electron chi connectivity index (χ2n) is 5.84. The minimum atomic E-state index is -0.553. The molecule has 1 aromatic carbocycles. The van der Waals surface area contributed by atoms with Crippen LogP contribution in [0.4, 0.5) is 0 Å². The normalized spacial score (nSPS) is 34.8. The standard InChI is InChI=1S/C15H20BrNO2/c16-10-4-5-13(18)11(9-10)14-12-3-1-2-6-15(12,19)7-8-17-14/h4-5,9,12,14,17-19H,1-3,6-8H2/t12-,14+,15-/m1/s1. The van der Waals surface area contributed by atoms with E-state index in [-0.39, 0.29) is 12.0 Å². The van der Waals surface area contributed by atoms with E-state index in [9.17, 15) is 10.2 Å². The minimum absolute atomic E-state index is 0.0524. The number of hydrogen-bond donors (Lipinski definition) is 3. The molecule has 1 aromatic rings. The zero-order valence-corrected chi connectivity index (χ0v) is 12.5. The fraction of sp³-hybridized carbons (Fsp3) is 0.600. The number of piperidine rings is 1. The van der Waals surface area contributed by atoms with Crippen molar-refractivity contribution >= 4 is 15.9 Å². The maximum atomic E-state index is 10.8. The van der Waals surface area contributed by atoms with Crippen LogP contribution in [0.2, 0.25) is 0 Å². The first kappa shape index (κ1) is 13.4. The highest BCUT2D eigenvalue weighted by Crippen LogP contribution is 2.47. The summed E-state index contributed by atoms with van der Waals surface area (Å²) in [7, 11) is 0. The van der Waals surface area contributed by atoms with Gasteiger partial charge in [0, 0.05) is 22.0 Å². The molecule has 0 aromatic heterocycles. The van der Waals surface area contributed by atoms with Crippen LogP contribution in [0, 0.1) is 5.92 Å². The molecule has 3 N–H and O–H groups in total. The Morgan fingerprint density at radius 2 is 2.11 bits per heavy atom. The molecule has 0 bridgehead atoms. The number of phenols is 1. The van der Waals surface area contributed by atoms with Crippen molar-refractivity contribution in [2.45, 2.75) is 43.7 Å². The fourth-order valence-corrected chi connectivity index (χ4v) is 4.10. The van der Waals surface area contributed by atoms with E-state index in [1.807, 2.05) is 12.1 Å². The molecule has 0 radical (unpaired) electrons. The quantitative estimate of drug-likeness (QED) is 0.743. The van der Waals surface area contributed by atoms with Gasteiger partial charge in [0.2, 0.25) is 0 Å². The van der Waals surface area contributed by atoms with Crippen LogP contribution in [0.25, 0.3) is 0 Å². The topological polar surface area (TPSA) is 52.5 Å². The van der Waals surface area contributed by atoms with E-state index in [2.05, 4.69) is 21.2 Å². The lowest BCUT2D eigenvalue weighted by atomic mass is 9.66. The second-order valence-corrected chi connectivity index (χ2v) is 6.76. The van der Waals surface area contributed by atoms with Gasteiger partial charge in [-0.2, -0.15) is 0 Å². The summed E-state index contributed by atoms with van der Waals surface area (Å²) < 4.78 is 0.965. The molecule has 3 atom stereocenters. The van der Waals surface area contributed by atoms with Gasteiger partial charge in [-0.15, -0.1) is 0 Å². The van der Waals surface area contributed by atoms with Crippen LogP contribution in [-0.2, 0) is 0 Å². The molecular weight excluding hydrogens is 306 g/mol. The lowest BCUT2D eigenvalue weighted by Crippen LogP contribution is -2.53. The van der Waals surface area contributed by atoms with Gasteiger partial charge >= 0.3 is 0 Å². The highest BCUT2D eigenvalue weighted by molar-refractivity contribution is 9.10. The maximum Gasteiger partial charge on any atom is 0.120 e. The number of aromatic hydroxyl groups is 1. The Morgan fingerprint density at radius 1 is 1.26 bits per heavy atom. The van der Waals surface area contributed by atoms with Crippen LogP contribution < -0.4 is 5.32 Å². The second kappa shape index (κ2) is 5.08. The van der Waals surface area contributed by atoms with Crippen molar-refractivity contribution in [3.05, 3.63) is 28.2 Å². The van der Waals surface area contributed by atoms with Gasteiger partial charge in [0.05, 0.1) is 5.60 Å². The molecule has 1 saturated carbocycles. The van der Waals surface area contributed by atoms with E-state index in [1.165, 1.54) is 6.42 Å². The number of fused-ring (bicyclic) bond motifs is 1. The molecule has 1 saturated heterocycles. The van der Waals surface area contributed by atoms with Crippen molar-refractivity contribution in [3.8, 4) is 5.75 Å². The van der Waals surface area contributed by atoms with Crippen LogP contribution in [-0.4, -0.2) is 22.4 Å². The van der Waals surface area contributed by atoms with E-state index in [4.69, 9.17) is 0 Å². The Morgan fingerprint density at radius 3 is 2.95 bits per heavy atom. The third kappa shape index (κ3) is 2.41. The van der Waals surface area contributed by atoms with Crippen molar-refractivity contribution in [1.82, 2.24) is 5.32 Å². The first-order valence-electron chi connectivity index (χ1n) is 7.04. The van der Waals surface area contributed by atoms with Crippen molar-refractivity contribution in [1.29, 1.82) is 0 Å². The number of halogens is 1. The van der Waals surface area contributed by atoms with Crippen LogP contribution in [0.3, 0.4) is 0 Å². The van der Waals surface area contributed by atoms with E-state index in [0.29, 0.717) is 5.75 Å². The Balaban J connectivity index is 1.96. The lowest BCUT2D eigenvalue weighted by molar-refractivity contribution is -0.0863. The molecular formula is C15H20BrNO2. The number of hydrogen-bond acceptors (Lipinski definition) is 3. The summed E-state index contributed by atoms with van der Waals surface area (Å²) >= 11 is 3.46.